The second-order valence-electron chi connectivity index (χ2n) is 6.20. The van der Waals surface area contributed by atoms with Crippen molar-refractivity contribution in [3.8, 4) is 11.3 Å². The first-order valence-corrected chi connectivity index (χ1v) is 8.48. The molecule has 1 aliphatic heterocycles. The molecule has 2 amide bonds. The van der Waals surface area contributed by atoms with E-state index in [0.717, 1.165) is 5.01 Å². The molecule has 1 aliphatic rings. The van der Waals surface area contributed by atoms with Gasteiger partial charge in [0.05, 0.1) is 11.3 Å². The molecule has 0 unspecified atom stereocenters. The molecule has 0 saturated carbocycles. The van der Waals surface area contributed by atoms with E-state index in [-0.39, 0.29) is 16.9 Å². The van der Waals surface area contributed by atoms with Gasteiger partial charge in [-0.3, -0.25) is 15.0 Å². The highest BCUT2D eigenvalue weighted by atomic mass is 19.1. The Morgan fingerprint density at radius 1 is 1.00 bits per heavy atom. The van der Waals surface area contributed by atoms with Gasteiger partial charge in [-0.25, -0.2) is 14.2 Å². The van der Waals surface area contributed by atoms with E-state index in [2.05, 4.69) is 5.43 Å². The number of carboxylic acid groups (broad SMARTS) is 1. The van der Waals surface area contributed by atoms with Crippen LogP contribution in [0.1, 0.15) is 16.1 Å². The molecule has 29 heavy (non-hydrogen) atoms. The van der Waals surface area contributed by atoms with E-state index in [9.17, 15) is 18.8 Å². The Hall–Kier alpha value is -4.20. The van der Waals surface area contributed by atoms with Gasteiger partial charge in [-0.05, 0) is 54.6 Å². The average molecular weight is 392 g/mol. The number of aromatic carboxylic acids is 1. The van der Waals surface area contributed by atoms with Crippen molar-refractivity contribution >= 4 is 29.5 Å². The van der Waals surface area contributed by atoms with Gasteiger partial charge < -0.3 is 9.52 Å². The summed E-state index contributed by atoms with van der Waals surface area (Å²) in [5.74, 6) is -1.95. The summed E-state index contributed by atoms with van der Waals surface area (Å²) in [7, 11) is 0. The van der Waals surface area contributed by atoms with Crippen LogP contribution in [0, 0.1) is 5.82 Å². The predicted molar refractivity (Wildman–Crippen MR) is 101 cm³/mol. The van der Waals surface area contributed by atoms with Gasteiger partial charge in [0.25, 0.3) is 11.8 Å². The highest BCUT2D eigenvalue weighted by Crippen LogP contribution is 2.26. The van der Waals surface area contributed by atoms with Crippen LogP contribution >= 0.6 is 0 Å². The van der Waals surface area contributed by atoms with E-state index in [1.807, 2.05) is 0 Å². The van der Waals surface area contributed by atoms with Crippen LogP contribution in [0.4, 0.5) is 10.1 Å². The van der Waals surface area contributed by atoms with Crippen LogP contribution in [0.3, 0.4) is 0 Å². The summed E-state index contributed by atoms with van der Waals surface area (Å²) in [4.78, 5) is 35.7. The topological polar surface area (TPSA) is 99.9 Å². The number of hydrazine groups is 1. The van der Waals surface area contributed by atoms with Crippen LogP contribution in [0.15, 0.2) is 70.7 Å². The summed E-state index contributed by atoms with van der Waals surface area (Å²) in [5, 5.41) is 9.98. The van der Waals surface area contributed by atoms with Crippen molar-refractivity contribution in [1.29, 1.82) is 0 Å². The van der Waals surface area contributed by atoms with Crippen LogP contribution in [0.2, 0.25) is 0 Å². The normalized spacial score (nSPS) is 15.1. The van der Waals surface area contributed by atoms with Gasteiger partial charge >= 0.3 is 5.97 Å². The van der Waals surface area contributed by atoms with Crippen LogP contribution in [0.25, 0.3) is 17.4 Å². The number of rotatable bonds is 4. The molecule has 3 aromatic rings. The van der Waals surface area contributed by atoms with Gasteiger partial charge in [-0.15, -0.1) is 0 Å². The maximum Gasteiger partial charge on any atom is 0.335 e. The number of benzene rings is 2. The highest BCUT2D eigenvalue weighted by Gasteiger charge is 2.34. The quantitative estimate of drug-likeness (QED) is 0.525. The Bertz CT molecular complexity index is 1150. The molecule has 0 radical (unpaired) electrons. The van der Waals surface area contributed by atoms with Crippen molar-refractivity contribution in [3.05, 3.63) is 83.4 Å². The Labute approximate surface area is 163 Å². The number of nitrogens with one attached hydrogen (secondary N) is 1. The first kappa shape index (κ1) is 18.2. The largest absolute Gasteiger partial charge is 0.478 e. The lowest BCUT2D eigenvalue weighted by molar-refractivity contribution is -0.117. The summed E-state index contributed by atoms with van der Waals surface area (Å²) in [5.41, 5.74) is 3.42. The van der Waals surface area contributed by atoms with Crippen LogP contribution in [0.5, 0.6) is 0 Å². The van der Waals surface area contributed by atoms with Gasteiger partial charge in [0.1, 0.15) is 22.9 Å². The fourth-order valence-corrected chi connectivity index (χ4v) is 2.83. The number of carbonyl (C=O) groups is 3. The molecule has 1 aromatic heterocycles. The van der Waals surface area contributed by atoms with Crippen molar-refractivity contribution in [3.63, 3.8) is 0 Å². The summed E-state index contributed by atoms with van der Waals surface area (Å²) in [6.07, 6.45) is 1.32. The second kappa shape index (κ2) is 7.08. The van der Waals surface area contributed by atoms with Crippen molar-refractivity contribution < 1.29 is 28.3 Å². The van der Waals surface area contributed by atoms with E-state index < -0.39 is 23.6 Å². The summed E-state index contributed by atoms with van der Waals surface area (Å²) in [6, 6.07) is 14.5. The number of anilines is 1. The molecule has 1 fully saturated rings. The summed E-state index contributed by atoms with van der Waals surface area (Å²) >= 11 is 0. The zero-order valence-electron chi connectivity index (χ0n) is 14.8. The maximum atomic E-state index is 13.1. The first-order valence-electron chi connectivity index (χ1n) is 8.48. The standard InChI is InChI=1S/C21H13FN2O5/c22-14-5-7-15(8-6-14)24-20(26)17(19(25)23-24)11-16-9-10-18(29-16)12-1-3-13(4-2-12)21(27)28/h1-11H,(H,23,25)(H,27,28). The molecule has 4 rings (SSSR count). The molecular weight excluding hydrogens is 379 g/mol. The number of hydrogen-bond donors (Lipinski definition) is 2. The van der Waals surface area contributed by atoms with Gasteiger partial charge in [-0.2, -0.15) is 0 Å². The van der Waals surface area contributed by atoms with E-state index in [0.29, 0.717) is 17.0 Å². The van der Waals surface area contributed by atoms with Gasteiger partial charge in [0.15, 0.2) is 0 Å². The third kappa shape index (κ3) is 3.51. The first-order chi connectivity index (χ1) is 13.9. The SMILES string of the molecule is O=C1NN(c2ccc(F)cc2)C(=O)C1=Cc1ccc(-c2ccc(C(=O)O)cc2)o1. The smallest absolute Gasteiger partial charge is 0.335 e. The van der Waals surface area contributed by atoms with Crippen molar-refractivity contribution in [2.24, 2.45) is 0 Å². The minimum absolute atomic E-state index is 0.128. The molecule has 8 heteroatoms. The minimum atomic E-state index is -1.03. The van der Waals surface area contributed by atoms with Crippen LogP contribution in [-0.4, -0.2) is 22.9 Å². The Balaban J connectivity index is 1.58. The lowest BCUT2D eigenvalue weighted by Gasteiger charge is -2.14. The fourth-order valence-electron chi connectivity index (χ4n) is 2.83. The number of carbonyl (C=O) groups excluding carboxylic acids is 2. The molecular formula is C21H13FN2O5. The molecule has 0 spiro atoms. The van der Waals surface area contributed by atoms with E-state index >= 15 is 0 Å². The van der Waals surface area contributed by atoms with Crippen LogP contribution in [-0.2, 0) is 9.59 Å². The van der Waals surface area contributed by atoms with Crippen molar-refractivity contribution in [2.45, 2.75) is 0 Å². The van der Waals surface area contributed by atoms with E-state index in [1.165, 1.54) is 42.5 Å². The summed E-state index contributed by atoms with van der Waals surface area (Å²) in [6.45, 7) is 0. The lowest BCUT2D eigenvalue weighted by atomic mass is 10.1. The molecule has 1 saturated heterocycles. The summed E-state index contributed by atoms with van der Waals surface area (Å²) < 4.78 is 18.7. The molecule has 0 atom stereocenters. The zero-order chi connectivity index (χ0) is 20.5. The number of nitrogens with zero attached hydrogens (tertiary/aromatic N) is 1. The molecule has 0 bridgehead atoms. The molecule has 7 nitrogen and oxygen atoms in total. The van der Waals surface area contributed by atoms with Crippen molar-refractivity contribution in [1.82, 2.24) is 5.43 Å². The maximum absolute atomic E-state index is 13.1. The second-order valence-corrected chi connectivity index (χ2v) is 6.20. The average Bonchev–Trinajstić information content (AvgIpc) is 3.29. The molecule has 0 aliphatic carbocycles. The number of amides is 2. The monoisotopic (exact) mass is 392 g/mol. The highest BCUT2D eigenvalue weighted by molar-refractivity contribution is 6.31. The number of furan rings is 1. The third-order valence-corrected chi connectivity index (χ3v) is 4.31. The predicted octanol–water partition coefficient (Wildman–Crippen LogP) is 3.25. The van der Waals surface area contributed by atoms with E-state index in [4.69, 9.17) is 9.52 Å². The van der Waals surface area contributed by atoms with E-state index in [1.54, 1.807) is 24.3 Å². The Morgan fingerprint density at radius 2 is 1.69 bits per heavy atom. The van der Waals surface area contributed by atoms with Crippen molar-refractivity contribution in [2.75, 3.05) is 5.01 Å². The number of carboxylic acids is 1. The minimum Gasteiger partial charge on any atom is -0.478 e. The zero-order valence-corrected chi connectivity index (χ0v) is 14.8. The Kier molecular flexibility index (Phi) is 4.44. The van der Waals surface area contributed by atoms with Gasteiger partial charge in [0, 0.05) is 5.56 Å². The lowest BCUT2D eigenvalue weighted by Crippen LogP contribution is -2.35. The fraction of sp³-hybridized carbons (Fsp3) is 0. The van der Waals surface area contributed by atoms with Gasteiger partial charge in [-0.1, -0.05) is 12.1 Å². The van der Waals surface area contributed by atoms with Crippen LogP contribution < -0.4 is 10.4 Å². The Morgan fingerprint density at radius 3 is 2.34 bits per heavy atom. The molecule has 2 N–H and O–H groups in total. The third-order valence-electron chi connectivity index (χ3n) is 4.31. The molecule has 144 valence electrons. The molecule has 2 aromatic carbocycles. The number of hydrogen-bond acceptors (Lipinski definition) is 4. The molecule has 2 heterocycles. The number of halogens is 1. The van der Waals surface area contributed by atoms with Gasteiger partial charge in [0.2, 0.25) is 0 Å².